The number of amides is 5. The Kier molecular flexibility index (Phi) is 19.1. The van der Waals surface area contributed by atoms with Crippen molar-refractivity contribution < 1.29 is 42.2 Å². The van der Waals surface area contributed by atoms with E-state index in [2.05, 4.69) is 42.0 Å². The average molecular weight is 888 g/mol. The zero-order valence-corrected chi connectivity index (χ0v) is 35.9. The molecule has 3 atom stereocenters. The number of alkyl carbamates (subject to hydrolysis) is 1. The van der Waals surface area contributed by atoms with Crippen LogP contribution in [0.2, 0.25) is 0 Å². The number of halogens is 1. The molecule has 0 aliphatic rings. The van der Waals surface area contributed by atoms with E-state index in [4.69, 9.17) is 4.74 Å². The minimum atomic E-state index is -3.78. The monoisotopic (exact) mass is 886 g/mol. The lowest BCUT2D eigenvalue weighted by Crippen LogP contribution is -2.59. The number of hydrazine groups is 1. The molecule has 15 nitrogen and oxygen atoms in total. The highest BCUT2D eigenvalue weighted by atomic mass is 79.9. The Hall–Kier alpha value is -5.00. The van der Waals surface area contributed by atoms with E-state index in [-0.39, 0.29) is 60.9 Å². The van der Waals surface area contributed by atoms with Gasteiger partial charge in [0.15, 0.2) is 0 Å². The summed E-state index contributed by atoms with van der Waals surface area (Å²) >= 11 is 3.14. The van der Waals surface area contributed by atoms with Crippen molar-refractivity contribution in [3.63, 3.8) is 0 Å². The number of aromatic hydroxyl groups is 1. The number of aryl methyl sites for hydroxylation is 1. The molecule has 316 valence electrons. The van der Waals surface area contributed by atoms with Crippen molar-refractivity contribution in [3.05, 3.63) is 95.6 Å². The SMILES string of the molecule is Cc1ccc(S(=O)(=O)NCCCC[C@H](NC(=O)[C@@H](NC(=O)OCc2ccccc2)C(C)C)C(=O)N[C@@H](CC(C)C)C(=O)NN(Cc2ccc(O)cc2)C(=O)CBr)cc1. The van der Waals surface area contributed by atoms with Gasteiger partial charge in [-0.25, -0.2) is 22.9 Å². The highest BCUT2D eigenvalue weighted by Gasteiger charge is 2.32. The van der Waals surface area contributed by atoms with Gasteiger partial charge < -0.3 is 25.8 Å². The van der Waals surface area contributed by atoms with E-state index in [1.165, 1.54) is 24.3 Å². The average Bonchev–Trinajstić information content (AvgIpc) is 3.18. The molecular formula is C41H55BrN6O9S. The number of phenolic OH excluding ortho intramolecular Hbond substituents is 1. The topological polar surface area (TPSA) is 212 Å². The van der Waals surface area contributed by atoms with E-state index in [9.17, 15) is 37.5 Å². The molecule has 0 unspecified atom stereocenters. The first-order valence-corrected chi connectivity index (χ1v) is 21.7. The number of unbranched alkanes of at least 4 members (excludes halogenated alkanes) is 1. The highest BCUT2D eigenvalue weighted by molar-refractivity contribution is 9.09. The molecule has 0 spiro atoms. The van der Waals surface area contributed by atoms with Crippen LogP contribution < -0.4 is 26.1 Å². The molecule has 0 aliphatic heterocycles. The predicted molar refractivity (Wildman–Crippen MR) is 223 cm³/mol. The summed E-state index contributed by atoms with van der Waals surface area (Å²) in [5.74, 6) is -2.97. The second-order valence-electron chi connectivity index (χ2n) is 14.6. The summed E-state index contributed by atoms with van der Waals surface area (Å²) in [5.41, 5.74) is 4.90. The standard InChI is InChI=1S/C41H55BrN6O9S/c1-27(2)23-35(39(52)47-48(36(50)24-42)25-30-16-18-32(49)19-17-30)45-38(51)34(13-9-10-22-43-58(55,56)33-20-14-29(5)15-21-33)44-40(53)37(28(3)4)46-41(54)57-26-31-11-7-6-8-12-31/h6-8,11-12,14-21,27-28,34-35,37,43,49H,9-10,13,22-26H2,1-5H3,(H,44,53)(H,45,51)(H,46,54)(H,47,52)/t34-,35-,37-/m0/s1. The number of alkyl halides is 1. The van der Waals surface area contributed by atoms with Crippen LogP contribution in [-0.2, 0) is 47.1 Å². The number of nitrogens with one attached hydrogen (secondary N) is 5. The smallest absolute Gasteiger partial charge is 0.408 e. The second-order valence-corrected chi connectivity index (χ2v) is 17.0. The van der Waals surface area contributed by atoms with Crippen LogP contribution in [0, 0.1) is 18.8 Å². The number of carbonyl (C=O) groups is 5. The zero-order chi connectivity index (χ0) is 42.8. The van der Waals surface area contributed by atoms with Crippen LogP contribution in [0.5, 0.6) is 5.75 Å². The summed E-state index contributed by atoms with van der Waals surface area (Å²) in [5, 5.41) is 18.8. The molecule has 6 N–H and O–H groups in total. The Morgan fingerprint density at radius 2 is 1.41 bits per heavy atom. The summed E-state index contributed by atoms with van der Waals surface area (Å²) in [4.78, 5) is 67.3. The number of ether oxygens (including phenoxy) is 1. The van der Waals surface area contributed by atoms with Crippen LogP contribution in [0.1, 0.15) is 70.1 Å². The number of phenols is 1. The van der Waals surface area contributed by atoms with Crippen molar-refractivity contribution >= 4 is 55.7 Å². The van der Waals surface area contributed by atoms with E-state index in [0.717, 1.165) is 16.1 Å². The molecule has 0 radical (unpaired) electrons. The van der Waals surface area contributed by atoms with Gasteiger partial charge in [-0.05, 0) is 79.8 Å². The van der Waals surface area contributed by atoms with Crippen molar-refractivity contribution in [1.29, 1.82) is 0 Å². The first-order valence-electron chi connectivity index (χ1n) is 19.1. The van der Waals surface area contributed by atoms with Gasteiger partial charge in [-0.1, -0.05) is 104 Å². The number of sulfonamides is 1. The summed E-state index contributed by atoms with van der Waals surface area (Å²) in [6.45, 7) is 9.01. The molecule has 58 heavy (non-hydrogen) atoms. The van der Waals surface area contributed by atoms with Crippen LogP contribution in [0.4, 0.5) is 4.79 Å². The van der Waals surface area contributed by atoms with E-state index < -0.39 is 63.8 Å². The van der Waals surface area contributed by atoms with Crippen LogP contribution in [0.15, 0.2) is 83.8 Å². The molecule has 0 aromatic heterocycles. The summed E-state index contributed by atoms with van der Waals surface area (Å²) in [6, 6.07) is 18.1. The Balaban J connectivity index is 1.77. The second kappa shape index (κ2) is 23.4. The molecular weight excluding hydrogens is 832 g/mol. The third-order valence-electron chi connectivity index (χ3n) is 8.89. The Morgan fingerprint density at radius 3 is 2.02 bits per heavy atom. The molecule has 0 saturated carbocycles. The van der Waals surface area contributed by atoms with E-state index in [1.807, 2.05) is 26.8 Å². The van der Waals surface area contributed by atoms with Gasteiger partial charge in [0.2, 0.25) is 21.8 Å². The minimum Gasteiger partial charge on any atom is -0.508 e. The minimum absolute atomic E-state index is 0.0231. The number of benzene rings is 3. The van der Waals surface area contributed by atoms with Gasteiger partial charge in [0.1, 0.15) is 30.5 Å². The lowest BCUT2D eigenvalue weighted by atomic mass is 10.0. The maximum absolute atomic E-state index is 14.0. The number of hydrogen-bond donors (Lipinski definition) is 6. The summed E-state index contributed by atoms with van der Waals surface area (Å²) in [6.07, 6.45) is -0.00678. The van der Waals surface area contributed by atoms with Crippen LogP contribution in [0.3, 0.4) is 0 Å². The number of nitrogens with zero attached hydrogens (tertiary/aromatic N) is 1. The van der Waals surface area contributed by atoms with Gasteiger partial charge in [-0.2, -0.15) is 0 Å². The fraction of sp³-hybridized carbons (Fsp3) is 0.439. The Bertz CT molecular complexity index is 1910. The van der Waals surface area contributed by atoms with Crippen molar-refractivity contribution in [3.8, 4) is 5.75 Å². The van der Waals surface area contributed by atoms with Crippen LogP contribution in [-0.4, -0.2) is 78.3 Å². The number of hydrogen-bond acceptors (Lipinski definition) is 9. The third-order valence-corrected chi connectivity index (χ3v) is 10.8. The number of rotatable bonds is 21. The molecule has 3 aromatic carbocycles. The van der Waals surface area contributed by atoms with Crippen molar-refractivity contribution in [2.45, 2.75) is 96.5 Å². The first kappa shape index (κ1) is 47.4. The lowest BCUT2D eigenvalue weighted by Gasteiger charge is -2.29. The largest absolute Gasteiger partial charge is 0.508 e. The lowest BCUT2D eigenvalue weighted by molar-refractivity contribution is -0.142. The third kappa shape index (κ3) is 16.1. The zero-order valence-electron chi connectivity index (χ0n) is 33.5. The van der Waals surface area contributed by atoms with Gasteiger partial charge in [-0.15, -0.1) is 0 Å². The molecule has 0 aliphatic carbocycles. The van der Waals surface area contributed by atoms with Crippen LogP contribution >= 0.6 is 15.9 Å². The van der Waals surface area contributed by atoms with Crippen molar-refractivity contribution in [2.75, 3.05) is 11.9 Å². The van der Waals surface area contributed by atoms with E-state index >= 15 is 0 Å². The van der Waals surface area contributed by atoms with Gasteiger partial charge in [0.05, 0.1) is 16.8 Å². The molecule has 3 rings (SSSR count). The fourth-order valence-corrected chi connectivity index (χ4v) is 7.05. The molecule has 3 aromatic rings. The Labute approximate surface area is 349 Å². The first-order chi connectivity index (χ1) is 27.5. The van der Waals surface area contributed by atoms with Crippen molar-refractivity contribution in [2.24, 2.45) is 11.8 Å². The van der Waals surface area contributed by atoms with Gasteiger partial charge in [-0.3, -0.25) is 24.6 Å². The quantitative estimate of drug-likeness (QED) is 0.0502. The van der Waals surface area contributed by atoms with Crippen molar-refractivity contribution in [1.82, 2.24) is 31.1 Å². The normalized spacial score (nSPS) is 12.9. The van der Waals surface area contributed by atoms with E-state index in [1.54, 1.807) is 62.4 Å². The highest BCUT2D eigenvalue weighted by Crippen LogP contribution is 2.15. The molecule has 0 heterocycles. The number of carbonyl (C=O) groups excluding carboxylic acids is 5. The Morgan fingerprint density at radius 1 is 0.776 bits per heavy atom. The maximum atomic E-state index is 14.0. The fourth-order valence-electron chi connectivity index (χ4n) is 5.67. The molecule has 0 fully saturated rings. The van der Waals surface area contributed by atoms with Gasteiger partial charge in [0.25, 0.3) is 11.8 Å². The molecule has 0 bridgehead atoms. The summed E-state index contributed by atoms with van der Waals surface area (Å²) in [7, 11) is -3.78. The maximum Gasteiger partial charge on any atom is 0.408 e. The van der Waals surface area contributed by atoms with Crippen LogP contribution in [0.25, 0.3) is 0 Å². The predicted octanol–water partition coefficient (Wildman–Crippen LogP) is 4.57. The molecule has 17 heteroatoms. The van der Waals surface area contributed by atoms with E-state index in [0.29, 0.717) is 12.0 Å². The van der Waals surface area contributed by atoms with Gasteiger partial charge in [0, 0.05) is 6.54 Å². The van der Waals surface area contributed by atoms with Gasteiger partial charge >= 0.3 is 6.09 Å². The molecule has 5 amide bonds. The molecule has 0 saturated heterocycles. The summed E-state index contributed by atoms with van der Waals surface area (Å²) < 4.78 is 33.5.